The third-order valence-electron chi connectivity index (χ3n) is 7.34. The fraction of sp³-hybridized carbons (Fsp3) is 0.233. The van der Waals surface area contributed by atoms with Crippen LogP contribution >= 0.6 is 0 Å². The molecule has 2 aliphatic rings. The molecule has 45 heavy (non-hydrogen) atoms. The van der Waals surface area contributed by atoms with Gasteiger partial charge >= 0.3 is 0 Å². The first-order valence-corrected chi connectivity index (χ1v) is 13.1. The van der Waals surface area contributed by atoms with Gasteiger partial charge in [-0.3, -0.25) is 33.6 Å². The molecule has 0 radical (unpaired) electrons. The molecule has 0 unspecified atom stereocenters. The highest BCUT2D eigenvalue weighted by atomic mass is 16.7. The molecule has 6 rings (SSSR count). The number of hydrogen-bond acceptors (Lipinski definition) is 15. The normalized spacial score (nSPS) is 13.3. The largest absolute Gasteiger partial charge is 0.450 e. The number of fused-ring (bicyclic) bond motifs is 4. The van der Waals surface area contributed by atoms with E-state index in [2.05, 4.69) is 20.4 Å². The Morgan fingerprint density at radius 2 is 0.978 bits per heavy atom. The van der Waals surface area contributed by atoms with Crippen molar-refractivity contribution in [2.45, 2.75) is 33.5 Å². The molecule has 0 bridgehead atoms. The van der Waals surface area contributed by atoms with Gasteiger partial charge in [-0.15, -0.1) is 0 Å². The summed E-state index contributed by atoms with van der Waals surface area (Å²) in [5.74, 6) is -5.97. The third-order valence-corrected chi connectivity index (χ3v) is 7.34. The molecule has 0 atom stereocenters. The second-order valence-corrected chi connectivity index (χ2v) is 9.99. The smallest absolute Gasteiger partial charge is 0.231 e. The fourth-order valence-corrected chi connectivity index (χ4v) is 5.00. The zero-order valence-electron chi connectivity index (χ0n) is 24.6. The van der Waals surface area contributed by atoms with Crippen LogP contribution in [-0.2, 0) is 15.3 Å². The van der Waals surface area contributed by atoms with Gasteiger partial charge in [0.25, 0.3) is 0 Å². The molecule has 0 fully saturated rings. The third kappa shape index (κ3) is 4.65. The number of furan rings is 2. The monoisotopic (exact) mass is 614 g/mol. The lowest BCUT2D eigenvalue weighted by Crippen LogP contribution is -2.28. The maximum absolute atomic E-state index is 12.8. The van der Waals surface area contributed by atoms with Gasteiger partial charge in [-0.2, -0.15) is 20.4 Å². The maximum Gasteiger partial charge on any atom is 0.231 e. The van der Waals surface area contributed by atoms with E-state index in [-0.39, 0.29) is 67.5 Å². The van der Waals surface area contributed by atoms with E-state index in [1.54, 1.807) is 0 Å². The zero-order chi connectivity index (χ0) is 33.0. The van der Waals surface area contributed by atoms with E-state index in [4.69, 9.17) is 18.3 Å². The van der Waals surface area contributed by atoms with Crippen molar-refractivity contribution in [1.29, 1.82) is 0 Å². The van der Waals surface area contributed by atoms with Crippen LogP contribution in [0.2, 0.25) is 0 Å². The maximum atomic E-state index is 12.8. The van der Waals surface area contributed by atoms with Crippen molar-refractivity contribution in [3.63, 3.8) is 0 Å². The summed E-state index contributed by atoms with van der Waals surface area (Å²) < 4.78 is 21.4. The SMILES string of the molecule is CC(=O)c1oc2c(c1C(C)=O)C(=O)c1cnncc1C2=O.COC(C)(OC)c1oc2c(c1C(C)=O)C(=O)c1cnncc1C2=O. The van der Waals surface area contributed by atoms with Gasteiger partial charge in [0.2, 0.25) is 17.4 Å². The first-order chi connectivity index (χ1) is 21.3. The summed E-state index contributed by atoms with van der Waals surface area (Å²) in [5.41, 5.74) is -0.206. The summed E-state index contributed by atoms with van der Waals surface area (Å²) in [5, 5.41) is 14.4. The van der Waals surface area contributed by atoms with E-state index < -0.39 is 46.3 Å². The molecule has 0 aliphatic heterocycles. The number of Topliss-reactive ketones (excluding diaryl/α,β-unsaturated/α-hetero) is 3. The zero-order valence-corrected chi connectivity index (χ0v) is 24.6. The summed E-state index contributed by atoms with van der Waals surface area (Å²) >= 11 is 0. The predicted octanol–water partition coefficient (Wildman–Crippen LogP) is 2.76. The first kappa shape index (κ1) is 30.8. The summed E-state index contributed by atoms with van der Waals surface area (Å²) in [7, 11) is 2.72. The Balaban J connectivity index is 0.000000179. The highest BCUT2D eigenvalue weighted by Gasteiger charge is 2.44. The average Bonchev–Trinajstić information content (AvgIpc) is 3.64. The van der Waals surface area contributed by atoms with E-state index >= 15 is 0 Å². The number of nitrogens with zero attached hydrogens (tertiary/aromatic N) is 4. The molecule has 15 nitrogen and oxygen atoms in total. The van der Waals surface area contributed by atoms with E-state index in [9.17, 15) is 33.6 Å². The lowest BCUT2D eigenvalue weighted by molar-refractivity contribution is -0.213. The molecule has 4 aromatic heterocycles. The van der Waals surface area contributed by atoms with Crippen LogP contribution in [0.5, 0.6) is 0 Å². The molecule has 0 saturated carbocycles. The molecular weight excluding hydrogens is 592 g/mol. The van der Waals surface area contributed by atoms with Gasteiger partial charge in [-0.05, 0) is 20.8 Å². The molecule has 4 heterocycles. The second-order valence-electron chi connectivity index (χ2n) is 9.99. The van der Waals surface area contributed by atoms with Crippen molar-refractivity contribution in [1.82, 2.24) is 20.4 Å². The van der Waals surface area contributed by atoms with Gasteiger partial charge in [-0.1, -0.05) is 0 Å². The molecule has 228 valence electrons. The molecule has 0 saturated heterocycles. The van der Waals surface area contributed by atoms with Crippen LogP contribution in [0.4, 0.5) is 0 Å². The van der Waals surface area contributed by atoms with Gasteiger partial charge in [-0.25, -0.2) is 0 Å². The minimum atomic E-state index is -1.43. The van der Waals surface area contributed by atoms with Crippen LogP contribution in [0.15, 0.2) is 33.6 Å². The first-order valence-electron chi connectivity index (χ1n) is 13.1. The Morgan fingerprint density at radius 1 is 0.600 bits per heavy atom. The topological polar surface area (TPSA) is 216 Å². The number of methoxy groups -OCH3 is 2. The van der Waals surface area contributed by atoms with Crippen molar-refractivity contribution < 1.29 is 51.9 Å². The quantitative estimate of drug-likeness (QED) is 0.195. The second kappa shape index (κ2) is 11.1. The van der Waals surface area contributed by atoms with Gasteiger partial charge in [0.15, 0.2) is 52.0 Å². The number of ketones is 7. The summed E-state index contributed by atoms with van der Waals surface area (Å²) in [6.07, 6.45) is 4.70. The Morgan fingerprint density at radius 3 is 1.36 bits per heavy atom. The van der Waals surface area contributed by atoms with Crippen LogP contribution in [0, 0.1) is 0 Å². The minimum Gasteiger partial charge on any atom is -0.450 e. The summed E-state index contributed by atoms with van der Waals surface area (Å²) in [4.78, 5) is 85.7. The number of ether oxygens (including phenoxy) is 2. The molecule has 0 aromatic carbocycles. The molecule has 0 amide bonds. The molecule has 2 aliphatic carbocycles. The van der Waals surface area contributed by atoms with Crippen LogP contribution in [0.1, 0.15) is 129 Å². The van der Waals surface area contributed by atoms with Crippen molar-refractivity contribution in [2.75, 3.05) is 14.2 Å². The van der Waals surface area contributed by atoms with Crippen LogP contribution in [0.25, 0.3) is 0 Å². The van der Waals surface area contributed by atoms with Crippen LogP contribution < -0.4 is 0 Å². The number of hydrogen-bond donors (Lipinski definition) is 0. The van der Waals surface area contributed by atoms with Crippen LogP contribution in [-0.4, -0.2) is 75.1 Å². The average molecular weight is 615 g/mol. The lowest BCUT2D eigenvalue weighted by atomic mass is 9.87. The van der Waals surface area contributed by atoms with Crippen molar-refractivity contribution in [3.8, 4) is 0 Å². The standard InChI is InChI=1S/C16H14N2O6.C14H8N2O5/c1-7(19)10-11-12(20)8-5-17-18-6-9(8)13(21)14(11)24-15(10)16(2,22-3)23-4;1-5(17)9-10-11(19)7-3-15-16-4-8(7)12(20)14(10)21-13(9)6(2)18/h5-6H,1-4H3;3-4H,1-2H3. The van der Waals surface area contributed by atoms with E-state index in [0.29, 0.717) is 0 Å². The molecule has 4 aromatic rings. The van der Waals surface area contributed by atoms with E-state index in [1.165, 1.54) is 54.3 Å². The number of rotatable bonds is 6. The Hall–Kier alpha value is -5.67. The van der Waals surface area contributed by atoms with Crippen molar-refractivity contribution in [3.05, 3.63) is 92.3 Å². The minimum absolute atomic E-state index is 0.0274. The Labute approximate surface area is 252 Å². The molecule has 0 N–H and O–H groups in total. The Kier molecular flexibility index (Phi) is 7.60. The van der Waals surface area contributed by atoms with Gasteiger partial charge in [0.1, 0.15) is 0 Å². The highest BCUT2D eigenvalue weighted by molar-refractivity contribution is 6.31. The molecular formula is C30H22N4O11. The van der Waals surface area contributed by atoms with E-state index in [0.717, 1.165) is 12.4 Å². The Bertz CT molecular complexity index is 2010. The van der Waals surface area contributed by atoms with Gasteiger partial charge in [0.05, 0.1) is 69.3 Å². The molecule has 15 heteroatoms. The van der Waals surface area contributed by atoms with E-state index in [1.807, 2.05) is 0 Å². The fourth-order valence-electron chi connectivity index (χ4n) is 5.00. The number of carbonyl (C=O) groups is 7. The van der Waals surface area contributed by atoms with Crippen molar-refractivity contribution >= 4 is 40.5 Å². The van der Waals surface area contributed by atoms with Gasteiger partial charge < -0.3 is 18.3 Å². The highest BCUT2D eigenvalue weighted by Crippen LogP contribution is 2.39. The van der Waals surface area contributed by atoms with Crippen LogP contribution in [0.3, 0.4) is 0 Å². The number of carbonyl (C=O) groups excluding carboxylic acids is 7. The summed E-state index contributed by atoms with van der Waals surface area (Å²) in [6, 6.07) is 0. The predicted molar refractivity (Wildman–Crippen MR) is 147 cm³/mol. The lowest BCUT2D eigenvalue weighted by Gasteiger charge is -2.24. The van der Waals surface area contributed by atoms with Gasteiger partial charge in [0, 0.05) is 21.1 Å². The molecule has 0 spiro atoms. The summed E-state index contributed by atoms with van der Waals surface area (Å²) in [6.45, 7) is 5.20. The van der Waals surface area contributed by atoms with Crippen molar-refractivity contribution in [2.24, 2.45) is 0 Å². The number of aromatic nitrogens is 4.